The minimum absolute atomic E-state index is 0.127. The van der Waals surface area contributed by atoms with Crippen molar-refractivity contribution in [2.45, 2.75) is 6.42 Å². The van der Waals surface area contributed by atoms with Gasteiger partial charge in [-0.05, 0) is 49.0 Å². The Bertz CT molecular complexity index is 1390. The maximum absolute atomic E-state index is 13.1. The second-order valence-electron chi connectivity index (χ2n) is 9.38. The molecular formula is C29H29N5O4. The molecular weight excluding hydrogens is 482 g/mol. The summed E-state index contributed by atoms with van der Waals surface area (Å²) in [6.45, 7) is 3.28. The number of fused-ring (bicyclic) bond motifs is 1. The first-order valence-electron chi connectivity index (χ1n) is 12.4. The number of methoxy groups -OCH3 is 1. The van der Waals surface area contributed by atoms with E-state index < -0.39 is 5.97 Å². The van der Waals surface area contributed by atoms with Crippen molar-refractivity contribution in [3.8, 4) is 0 Å². The molecule has 0 unspecified atom stereocenters. The van der Waals surface area contributed by atoms with E-state index in [0.29, 0.717) is 34.5 Å². The quantitative estimate of drug-likeness (QED) is 0.387. The normalized spacial score (nSPS) is 16.5. The van der Waals surface area contributed by atoms with Crippen molar-refractivity contribution in [1.82, 2.24) is 14.8 Å². The van der Waals surface area contributed by atoms with Crippen LogP contribution >= 0.6 is 0 Å². The molecule has 0 atom stereocenters. The van der Waals surface area contributed by atoms with Gasteiger partial charge in [-0.2, -0.15) is 0 Å². The third kappa shape index (κ3) is 5.28. The molecule has 9 nitrogen and oxygen atoms in total. The van der Waals surface area contributed by atoms with Crippen molar-refractivity contribution in [1.29, 1.82) is 0 Å². The number of esters is 1. The number of hydrogen-bond acceptors (Lipinski definition) is 7. The van der Waals surface area contributed by atoms with Crippen LogP contribution in [0.1, 0.15) is 27.0 Å². The number of piperazine rings is 1. The zero-order valence-electron chi connectivity index (χ0n) is 21.4. The number of anilines is 2. The number of pyridine rings is 1. The van der Waals surface area contributed by atoms with E-state index in [2.05, 4.69) is 27.6 Å². The number of ether oxygens (including phenoxy) is 1. The highest BCUT2D eigenvalue weighted by Gasteiger charge is 2.29. The molecule has 1 fully saturated rings. The predicted octanol–water partition coefficient (Wildman–Crippen LogP) is 3.12. The fraction of sp³-hybridized carbons (Fsp3) is 0.241. The molecule has 5 rings (SSSR count). The Morgan fingerprint density at radius 3 is 2.47 bits per heavy atom. The molecule has 2 aromatic carbocycles. The fourth-order valence-electron chi connectivity index (χ4n) is 4.65. The predicted molar refractivity (Wildman–Crippen MR) is 145 cm³/mol. The molecule has 2 aliphatic heterocycles. The van der Waals surface area contributed by atoms with E-state index in [1.165, 1.54) is 7.11 Å². The van der Waals surface area contributed by atoms with Crippen LogP contribution in [0.4, 0.5) is 11.4 Å². The maximum atomic E-state index is 13.1. The van der Waals surface area contributed by atoms with E-state index in [9.17, 15) is 14.4 Å². The van der Waals surface area contributed by atoms with E-state index >= 15 is 0 Å². The van der Waals surface area contributed by atoms with Crippen LogP contribution in [-0.2, 0) is 20.7 Å². The summed E-state index contributed by atoms with van der Waals surface area (Å²) in [5, 5.41) is 6.25. The van der Waals surface area contributed by atoms with Crippen molar-refractivity contribution in [3.63, 3.8) is 0 Å². The van der Waals surface area contributed by atoms with Crippen molar-refractivity contribution >= 4 is 40.4 Å². The first kappa shape index (κ1) is 25.2. The standard InChI is InChI=1S/C29H29N5O4/c1-33-12-14-34(15-13-33)25(35)16-19-5-8-22(9-6-19)31-27(21-4-3-11-30-18-21)26-23-10-7-20(29(37)38-2)17-24(23)32-28(26)36/h3-11,17-18,31H,12-16H2,1-2H3,(H,32,36)/b27-26-. The van der Waals surface area contributed by atoms with Gasteiger partial charge in [-0.15, -0.1) is 0 Å². The summed E-state index contributed by atoms with van der Waals surface area (Å²) in [6, 6.07) is 16.3. The van der Waals surface area contributed by atoms with E-state index in [0.717, 1.165) is 43.0 Å². The van der Waals surface area contributed by atoms with Crippen molar-refractivity contribution in [2.75, 3.05) is 51.0 Å². The van der Waals surface area contributed by atoms with E-state index in [1.807, 2.05) is 35.2 Å². The molecule has 1 aromatic heterocycles. The number of amides is 2. The molecule has 0 aliphatic carbocycles. The number of carbonyl (C=O) groups is 3. The van der Waals surface area contributed by atoms with Crippen LogP contribution in [0.5, 0.6) is 0 Å². The number of benzene rings is 2. The van der Waals surface area contributed by atoms with Crippen LogP contribution in [-0.4, -0.2) is 72.9 Å². The molecule has 9 heteroatoms. The topological polar surface area (TPSA) is 104 Å². The number of nitrogens with zero attached hydrogens (tertiary/aromatic N) is 3. The largest absolute Gasteiger partial charge is 0.465 e. The first-order chi connectivity index (χ1) is 18.4. The molecule has 3 heterocycles. The fourth-order valence-corrected chi connectivity index (χ4v) is 4.65. The molecule has 194 valence electrons. The lowest BCUT2D eigenvalue weighted by Gasteiger charge is -2.32. The van der Waals surface area contributed by atoms with Gasteiger partial charge >= 0.3 is 5.97 Å². The zero-order chi connectivity index (χ0) is 26.6. The molecule has 3 aromatic rings. The Morgan fingerprint density at radius 2 is 1.79 bits per heavy atom. The number of carbonyl (C=O) groups excluding carboxylic acids is 3. The number of aromatic nitrogens is 1. The van der Waals surface area contributed by atoms with Crippen LogP contribution < -0.4 is 10.6 Å². The van der Waals surface area contributed by atoms with Crippen LogP contribution in [0, 0.1) is 0 Å². The van der Waals surface area contributed by atoms with Gasteiger partial charge in [0.1, 0.15) is 0 Å². The van der Waals surface area contributed by atoms with Crippen LogP contribution in [0.25, 0.3) is 11.3 Å². The third-order valence-corrected chi connectivity index (χ3v) is 6.82. The average Bonchev–Trinajstić information content (AvgIpc) is 3.27. The number of likely N-dealkylation sites (N-methyl/N-ethyl adjacent to an activating group) is 1. The Kier molecular flexibility index (Phi) is 7.19. The number of nitrogens with one attached hydrogen (secondary N) is 2. The van der Waals surface area contributed by atoms with Gasteiger partial charge in [0.15, 0.2) is 0 Å². The first-order valence-corrected chi connectivity index (χ1v) is 12.4. The SMILES string of the molecule is COC(=O)c1ccc2c(c1)NC(=O)/C2=C(\Nc1ccc(CC(=O)N2CCN(C)CC2)cc1)c1cccnc1. The van der Waals surface area contributed by atoms with Gasteiger partial charge in [0.25, 0.3) is 5.91 Å². The summed E-state index contributed by atoms with van der Waals surface area (Å²) in [4.78, 5) is 46.2. The lowest BCUT2D eigenvalue weighted by molar-refractivity contribution is -0.132. The van der Waals surface area contributed by atoms with Gasteiger partial charge in [0.05, 0.1) is 36.1 Å². The minimum atomic E-state index is -0.476. The lowest BCUT2D eigenvalue weighted by Crippen LogP contribution is -2.47. The number of hydrogen-bond donors (Lipinski definition) is 2. The Balaban J connectivity index is 1.42. The highest BCUT2D eigenvalue weighted by atomic mass is 16.5. The summed E-state index contributed by atoms with van der Waals surface area (Å²) < 4.78 is 4.81. The van der Waals surface area contributed by atoms with Crippen LogP contribution in [0.3, 0.4) is 0 Å². The van der Waals surface area contributed by atoms with E-state index in [4.69, 9.17) is 4.74 Å². The van der Waals surface area contributed by atoms with Crippen LogP contribution in [0.2, 0.25) is 0 Å². The Hall–Kier alpha value is -4.50. The monoisotopic (exact) mass is 511 g/mol. The molecule has 0 bridgehead atoms. The van der Waals surface area contributed by atoms with Gasteiger partial charge in [-0.1, -0.05) is 18.2 Å². The summed E-state index contributed by atoms with van der Waals surface area (Å²) in [5.41, 5.74) is 5.01. The van der Waals surface area contributed by atoms with Gasteiger partial charge in [-0.25, -0.2) is 4.79 Å². The molecule has 0 spiro atoms. The molecule has 38 heavy (non-hydrogen) atoms. The van der Waals surface area contributed by atoms with Crippen LogP contribution in [0.15, 0.2) is 67.0 Å². The van der Waals surface area contributed by atoms with Crippen molar-refractivity contribution < 1.29 is 19.1 Å². The molecule has 0 radical (unpaired) electrons. The Morgan fingerprint density at radius 1 is 1.03 bits per heavy atom. The molecule has 2 amide bonds. The minimum Gasteiger partial charge on any atom is -0.465 e. The third-order valence-electron chi connectivity index (χ3n) is 6.82. The summed E-state index contributed by atoms with van der Waals surface area (Å²) in [7, 11) is 3.38. The summed E-state index contributed by atoms with van der Waals surface area (Å²) in [5.74, 6) is -0.637. The van der Waals surface area contributed by atoms with E-state index in [-0.39, 0.29) is 11.8 Å². The second kappa shape index (κ2) is 10.9. The van der Waals surface area contributed by atoms with Gasteiger partial charge < -0.3 is 25.2 Å². The number of rotatable bonds is 6. The molecule has 1 saturated heterocycles. The maximum Gasteiger partial charge on any atom is 0.337 e. The highest BCUT2D eigenvalue weighted by molar-refractivity contribution is 6.37. The van der Waals surface area contributed by atoms with Gasteiger partial charge in [-0.3, -0.25) is 14.6 Å². The summed E-state index contributed by atoms with van der Waals surface area (Å²) in [6.07, 6.45) is 3.70. The van der Waals surface area contributed by atoms with Crippen molar-refractivity contribution in [3.05, 3.63) is 89.2 Å². The van der Waals surface area contributed by atoms with E-state index in [1.54, 1.807) is 36.7 Å². The van der Waals surface area contributed by atoms with Gasteiger partial charge in [0.2, 0.25) is 5.91 Å². The lowest BCUT2D eigenvalue weighted by atomic mass is 9.99. The Labute approximate surface area is 221 Å². The zero-order valence-corrected chi connectivity index (χ0v) is 21.4. The van der Waals surface area contributed by atoms with Crippen molar-refractivity contribution in [2.24, 2.45) is 0 Å². The molecule has 2 N–H and O–H groups in total. The smallest absolute Gasteiger partial charge is 0.337 e. The molecule has 0 saturated carbocycles. The molecule has 2 aliphatic rings. The summed E-state index contributed by atoms with van der Waals surface area (Å²) >= 11 is 0. The second-order valence-corrected chi connectivity index (χ2v) is 9.38. The highest BCUT2D eigenvalue weighted by Crippen LogP contribution is 2.38. The van der Waals surface area contributed by atoms with Gasteiger partial charge in [0, 0.05) is 55.4 Å². The average molecular weight is 512 g/mol.